The number of ketones is 1. The normalized spacial score (nSPS) is 16.3. The second kappa shape index (κ2) is 8.40. The number of nitrogens with one attached hydrogen (secondary N) is 1. The highest BCUT2D eigenvalue weighted by molar-refractivity contribution is 7.97. The van der Waals surface area contributed by atoms with E-state index >= 15 is 0 Å². The first kappa shape index (κ1) is 20.9. The molecule has 31 heavy (non-hydrogen) atoms. The lowest BCUT2D eigenvalue weighted by Gasteiger charge is -2.31. The van der Waals surface area contributed by atoms with E-state index in [0.29, 0.717) is 17.8 Å². The van der Waals surface area contributed by atoms with Gasteiger partial charge in [0.15, 0.2) is 4.91 Å². The van der Waals surface area contributed by atoms with Gasteiger partial charge >= 0.3 is 0 Å². The number of hydrogen-bond acceptors (Lipinski definition) is 4. The van der Waals surface area contributed by atoms with Crippen molar-refractivity contribution < 1.29 is 13.2 Å². The Bertz CT molecular complexity index is 1240. The van der Waals surface area contributed by atoms with E-state index in [-0.39, 0.29) is 11.4 Å². The van der Waals surface area contributed by atoms with Gasteiger partial charge in [-0.05, 0) is 37.1 Å². The monoisotopic (exact) mass is 432 g/mol. The minimum Gasteiger partial charge on any atom is -0.386 e. The minimum atomic E-state index is -4.01. The third-order valence-corrected chi connectivity index (χ3v) is 7.08. The number of allylic oxidation sites excluding steroid dienone is 1. The molecule has 1 heterocycles. The van der Waals surface area contributed by atoms with Gasteiger partial charge in [0.05, 0.1) is 12.2 Å². The van der Waals surface area contributed by atoms with Gasteiger partial charge in [-0.25, -0.2) is 8.42 Å². The zero-order valence-electron chi connectivity index (χ0n) is 17.5. The van der Waals surface area contributed by atoms with Crippen LogP contribution >= 0.6 is 0 Å². The van der Waals surface area contributed by atoms with Gasteiger partial charge < -0.3 is 5.32 Å². The number of hydrogen-bond donors (Lipinski definition) is 1. The topological polar surface area (TPSA) is 66.5 Å². The van der Waals surface area contributed by atoms with Crippen molar-refractivity contribution in [3.8, 4) is 0 Å². The zero-order chi connectivity index (χ0) is 22.0. The molecule has 0 bridgehead atoms. The molecular weight excluding hydrogens is 408 g/mol. The van der Waals surface area contributed by atoms with Crippen LogP contribution in [0.4, 0.5) is 5.69 Å². The van der Waals surface area contributed by atoms with Crippen LogP contribution in [0, 0.1) is 13.8 Å². The van der Waals surface area contributed by atoms with Crippen LogP contribution in [0.25, 0.3) is 0 Å². The van der Waals surface area contributed by atoms with E-state index in [0.717, 1.165) is 22.3 Å². The Hall–Kier alpha value is -3.38. The Kier molecular flexibility index (Phi) is 5.65. The third kappa shape index (κ3) is 4.25. The average Bonchev–Trinajstić information content (AvgIpc) is 2.76. The lowest BCUT2D eigenvalue weighted by molar-refractivity contribution is 0.104. The molecule has 0 fully saturated rings. The number of para-hydroxylation sites is 1. The Labute approximate surface area is 183 Å². The summed E-state index contributed by atoms with van der Waals surface area (Å²) in [6.45, 7) is 4.57. The van der Waals surface area contributed by atoms with Crippen LogP contribution in [0.3, 0.4) is 0 Å². The number of Topliss-reactive ketones (excluding diaryl/α,β-unsaturated/α-hetero) is 1. The maximum absolute atomic E-state index is 13.4. The molecule has 1 N–H and O–H groups in total. The van der Waals surface area contributed by atoms with E-state index in [2.05, 4.69) is 5.32 Å². The predicted octanol–water partition coefficient (Wildman–Crippen LogP) is 4.47. The van der Waals surface area contributed by atoms with Gasteiger partial charge in [0.2, 0.25) is 5.78 Å². The van der Waals surface area contributed by atoms with Crippen molar-refractivity contribution in [2.24, 2.45) is 0 Å². The first-order valence-corrected chi connectivity index (χ1v) is 11.5. The average molecular weight is 433 g/mol. The fourth-order valence-corrected chi connectivity index (χ4v) is 5.07. The molecule has 158 valence electrons. The molecule has 4 rings (SSSR count). The number of fused-ring (bicyclic) bond motifs is 1. The largest absolute Gasteiger partial charge is 0.386 e. The molecule has 6 heteroatoms. The van der Waals surface area contributed by atoms with Crippen LogP contribution in [-0.2, 0) is 23.1 Å². The van der Waals surface area contributed by atoms with Gasteiger partial charge in [0.1, 0.15) is 0 Å². The summed E-state index contributed by atoms with van der Waals surface area (Å²) in [5, 5.41) is 3.01. The standard InChI is InChI=1S/C25H24N2O3S/c1-18-7-11-20(12-8-18)15-26-16-24-25(28)22-5-3-4-6-23(22)27(31(24,29)30)17-21-13-9-19(2)10-14-21/h3-14,16,26H,15,17H2,1-2H3. The van der Waals surface area contributed by atoms with E-state index in [1.807, 2.05) is 62.4 Å². The van der Waals surface area contributed by atoms with Crippen molar-refractivity contribution in [3.63, 3.8) is 0 Å². The molecule has 0 unspecified atom stereocenters. The van der Waals surface area contributed by atoms with E-state index in [9.17, 15) is 13.2 Å². The lowest BCUT2D eigenvalue weighted by Crippen LogP contribution is -2.39. The van der Waals surface area contributed by atoms with Crippen LogP contribution in [0.5, 0.6) is 0 Å². The summed E-state index contributed by atoms with van der Waals surface area (Å²) in [7, 11) is -4.01. The number of rotatable bonds is 5. The molecule has 1 aliphatic heterocycles. The molecule has 0 saturated carbocycles. The highest BCUT2D eigenvalue weighted by Gasteiger charge is 2.39. The molecular formula is C25H24N2O3S. The Balaban J connectivity index is 1.68. The fourth-order valence-electron chi connectivity index (χ4n) is 3.52. The van der Waals surface area contributed by atoms with Crippen molar-refractivity contribution in [1.82, 2.24) is 5.32 Å². The number of benzene rings is 3. The quantitative estimate of drug-likeness (QED) is 0.604. The Morgan fingerprint density at radius 2 is 1.42 bits per heavy atom. The first-order valence-electron chi connectivity index (χ1n) is 10.1. The Morgan fingerprint density at radius 1 is 0.839 bits per heavy atom. The highest BCUT2D eigenvalue weighted by Crippen LogP contribution is 2.36. The fraction of sp³-hybridized carbons (Fsp3) is 0.160. The van der Waals surface area contributed by atoms with Crippen LogP contribution in [-0.4, -0.2) is 14.2 Å². The molecule has 0 atom stereocenters. The van der Waals surface area contributed by atoms with Crippen LogP contribution in [0.15, 0.2) is 83.9 Å². The number of nitrogens with zero attached hydrogens (tertiary/aromatic N) is 1. The van der Waals surface area contributed by atoms with Gasteiger partial charge in [-0.15, -0.1) is 0 Å². The predicted molar refractivity (Wildman–Crippen MR) is 123 cm³/mol. The van der Waals surface area contributed by atoms with Crippen molar-refractivity contribution in [2.75, 3.05) is 4.31 Å². The van der Waals surface area contributed by atoms with E-state index in [1.165, 1.54) is 10.5 Å². The third-order valence-electron chi connectivity index (χ3n) is 5.32. The van der Waals surface area contributed by atoms with Crippen LogP contribution in [0.1, 0.15) is 32.6 Å². The molecule has 0 spiro atoms. The highest BCUT2D eigenvalue weighted by atomic mass is 32.2. The maximum Gasteiger partial charge on any atom is 0.270 e. The number of anilines is 1. The summed E-state index contributed by atoms with van der Waals surface area (Å²) in [5.41, 5.74) is 4.89. The second-order valence-corrected chi connectivity index (χ2v) is 9.55. The van der Waals surface area contributed by atoms with Crippen molar-refractivity contribution in [2.45, 2.75) is 26.9 Å². The van der Waals surface area contributed by atoms with Crippen LogP contribution < -0.4 is 9.62 Å². The molecule has 3 aromatic carbocycles. The second-order valence-electron chi connectivity index (χ2n) is 7.72. The molecule has 0 aliphatic carbocycles. The molecule has 0 aromatic heterocycles. The molecule has 3 aromatic rings. The summed E-state index contributed by atoms with van der Waals surface area (Å²) in [5.74, 6) is -0.493. The molecule has 0 radical (unpaired) electrons. The minimum absolute atomic E-state index is 0.155. The lowest BCUT2D eigenvalue weighted by atomic mass is 10.1. The summed E-state index contributed by atoms with van der Waals surface area (Å²) < 4.78 is 28.2. The summed E-state index contributed by atoms with van der Waals surface area (Å²) in [6.07, 6.45) is 1.33. The number of carbonyl (C=O) groups is 1. The number of carbonyl (C=O) groups excluding carboxylic acids is 1. The van der Waals surface area contributed by atoms with Gasteiger partial charge in [-0.3, -0.25) is 9.10 Å². The zero-order valence-corrected chi connectivity index (χ0v) is 18.3. The van der Waals surface area contributed by atoms with Gasteiger partial charge in [-0.1, -0.05) is 71.8 Å². The molecule has 0 amide bonds. The number of sulfonamides is 1. The Morgan fingerprint density at radius 3 is 2.06 bits per heavy atom. The van der Waals surface area contributed by atoms with Gasteiger partial charge in [0.25, 0.3) is 10.0 Å². The van der Waals surface area contributed by atoms with E-state index < -0.39 is 15.8 Å². The van der Waals surface area contributed by atoms with E-state index in [4.69, 9.17) is 0 Å². The summed E-state index contributed by atoms with van der Waals surface area (Å²) in [6, 6.07) is 22.5. The molecule has 5 nitrogen and oxygen atoms in total. The maximum atomic E-state index is 13.4. The van der Waals surface area contributed by atoms with Crippen molar-refractivity contribution in [3.05, 3.63) is 112 Å². The SMILES string of the molecule is Cc1ccc(CNC=C2C(=O)c3ccccc3N(Cc3ccc(C)cc3)S2(=O)=O)cc1. The van der Waals surface area contributed by atoms with Crippen LogP contribution in [0.2, 0.25) is 0 Å². The summed E-state index contributed by atoms with van der Waals surface area (Å²) >= 11 is 0. The smallest absolute Gasteiger partial charge is 0.270 e. The van der Waals surface area contributed by atoms with Gasteiger partial charge in [-0.2, -0.15) is 0 Å². The van der Waals surface area contributed by atoms with Crippen molar-refractivity contribution in [1.29, 1.82) is 0 Å². The number of aryl methyl sites for hydroxylation is 2. The van der Waals surface area contributed by atoms with Gasteiger partial charge in [0, 0.05) is 18.3 Å². The van der Waals surface area contributed by atoms with Crippen molar-refractivity contribution >= 4 is 21.5 Å². The molecule has 0 saturated heterocycles. The first-order chi connectivity index (χ1) is 14.9. The summed E-state index contributed by atoms with van der Waals surface area (Å²) in [4.78, 5) is 12.8. The van der Waals surface area contributed by atoms with E-state index in [1.54, 1.807) is 24.3 Å². The molecule has 1 aliphatic rings.